The number of para-hydroxylation sites is 1. The van der Waals surface area contributed by atoms with Crippen LogP contribution in [0.15, 0.2) is 24.3 Å². The number of alkyl halides is 2. The summed E-state index contributed by atoms with van der Waals surface area (Å²) in [6, 6.07) is 7.50. The van der Waals surface area contributed by atoms with E-state index in [1.807, 2.05) is 12.1 Å². The van der Waals surface area contributed by atoms with Gasteiger partial charge in [0, 0.05) is 18.2 Å². The molecule has 1 saturated carbocycles. The highest BCUT2D eigenvalue weighted by molar-refractivity contribution is 5.33. The van der Waals surface area contributed by atoms with Crippen LogP contribution >= 0.6 is 0 Å². The minimum Gasteiger partial charge on any atom is -0.434 e. The molecule has 2 unspecified atom stereocenters. The average Bonchev–Trinajstić information content (AvgIpc) is 2.46. The molecule has 1 fully saturated rings. The monoisotopic (exact) mass is 283 g/mol. The minimum absolute atomic E-state index is 0.276. The molecule has 0 aromatic heterocycles. The molecule has 2 atom stereocenters. The van der Waals surface area contributed by atoms with E-state index in [0.29, 0.717) is 12.6 Å². The fourth-order valence-corrected chi connectivity index (χ4v) is 2.96. The lowest BCUT2D eigenvalue weighted by Gasteiger charge is -2.29. The second-order valence-corrected chi connectivity index (χ2v) is 5.50. The SMILES string of the molecule is CCC1CCCC(NCc2ccccc2OC(F)F)C1. The van der Waals surface area contributed by atoms with Crippen molar-refractivity contribution in [3.8, 4) is 5.75 Å². The van der Waals surface area contributed by atoms with Gasteiger partial charge in [0.05, 0.1) is 0 Å². The molecule has 0 amide bonds. The molecule has 0 aliphatic heterocycles. The summed E-state index contributed by atoms with van der Waals surface area (Å²) >= 11 is 0. The Balaban J connectivity index is 1.90. The van der Waals surface area contributed by atoms with E-state index in [4.69, 9.17) is 0 Å². The van der Waals surface area contributed by atoms with Crippen molar-refractivity contribution in [1.82, 2.24) is 5.32 Å². The summed E-state index contributed by atoms with van der Waals surface area (Å²) < 4.78 is 29.3. The largest absolute Gasteiger partial charge is 0.434 e. The zero-order chi connectivity index (χ0) is 14.4. The van der Waals surface area contributed by atoms with E-state index in [0.717, 1.165) is 11.5 Å². The first-order valence-corrected chi connectivity index (χ1v) is 7.45. The molecule has 0 heterocycles. The van der Waals surface area contributed by atoms with Gasteiger partial charge in [-0.1, -0.05) is 44.4 Å². The van der Waals surface area contributed by atoms with Crippen molar-refractivity contribution in [1.29, 1.82) is 0 Å². The third kappa shape index (κ3) is 4.44. The van der Waals surface area contributed by atoms with E-state index in [2.05, 4.69) is 17.0 Å². The molecule has 0 radical (unpaired) electrons. The maximum absolute atomic E-state index is 12.3. The third-order valence-corrected chi connectivity index (χ3v) is 4.13. The Bertz CT molecular complexity index is 411. The molecule has 1 aromatic carbocycles. The van der Waals surface area contributed by atoms with Crippen LogP contribution in [0, 0.1) is 5.92 Å². The predicted octanol–water partition coefficient (Wildman–Crippen LogP) is 4.35. The van der Waals surface area contributed by atoms with Gasteiger partial charge in [0.25, 0.3) is 0 Å². The highest BCUT2D eigenvalue weighted by Crippen LogP contribution is 2.27. The molecule has 1 aromatic rings. The van der Waals surface area contributed by atoms with E-state index < -0.39 is 6.61 Å². The van der Waals surface area contributed by atoms with Gasteiger partial charge in [0.2, 0.25) is 0 Å². The van der Waals surface area contributed by atoms with Crippen molar-refractivity contribution in [3.05, 3.63) is 29.8 Å². The van der Waals surface area contributed by atoms with Gasteiger partial charge in [-0.3, -0.25) is 0 Å². The summed E-state index contributed by atoms with van der Waals surface area (Å²) in [6.07, 6.45) is 6.16. The molecule has 0 spiro atoms. The molecule has 1 aliphatic rings. The molecule has 1 N–H and O–H groups in total. The Morgan fingerprint density at radius 2 is 2.10 bits per heavy atom. The molecular weight excluding hydrogens is 260 g/mol. The second-order valence-electron chi connectivity index (χ2n) is 5.50. The number of hydrogen-bond acceptors (Lipinski definition) is 2. The van der Waals surface area contributed by atoms with Gasteiger partial charge >= 0.3 is 6.61 Å². The summed E-state index contributed by atoms with van der Waals surface area (Å²) in [5.41, 5.74) is 0.798. The lowest BCUT2D eigenvalue weighted by molar-refractivity contribution is -0.0505. The number of benzene rings is 1. The first-order chi connectivity index (χ1) is 9.69. The van der Waals surface area contributed by atoms with E-state index in [9.17, 15) is 8.78 Å². The normalized spacial score (nSPS) is 23.0. The fraction of sp³-hybridized carbons (Fsp3) is 0.625. The quantitative estimate of drug-likeness (QED) is 0.838. The highest BCUT2D eigenvalue weighted by atomic mass is 19.3. The van der Waals surface area contributed by atoms with E-state index >= 15 is 0 Å². The standard InChI is InChI=1S/C16H23F2NO/c1-2-12-6-5-8-14(10-12)19-11-13-7-3-4-9-15(13)20-16(17)18/h3-4,7,9,12,14,16,19H,2,5-6,8,10-11H2,1H3. The Hall–Kier alpha value is -1.16. The average molecular weight is 283 g/mol. The van der Waals surface area contributed by atoms with Crippen LogP contribution in [0.1, 0.15) is 44.6 Å². The van der Waals surface area contributed by atoms with Gasteiger partial charge < -0.3 is 10.1 Å². The van der Waals surface area contributed by atoms with Crippen LogP contribution in [0.2, 0.25) is 0 Å². The van der Waals surface area contributed by atoms with Crippen LogP contribution < -0.4 is 10.1 Å². The summed E-state index contributed by atoms with van der Waals surface area (Å²) in [5.74, 6) is 1.08. The Morgan fingerprint density at radius 1 is 1.30 bits per heavy atom. The molecular formula is C16H23F2NO. The van der Waals surface area contributed by atoms with Crippen molar-refractivity contribution in [3.63, 3.8) is 0 Å². The molecule has 1 aliphatic carbocycles. The third-order valence-electron chi connectivity index (χ3n) is 4.13. The van der Waals surface area contributed by atoms with Crippen molar-refractivity contribution in [2.24, 2.45) is 5.92 Å². The van der Waals surface area contributed by atoms with Crippen molar-refractivity contribution in [2.75, 3.05) is 0 Å². The van der Waals surface area contributed by atoms with Crippen molar-refractivity contribution in [2.45, 2.75) is 58.2 Å². The summed E-state index contributed by atoms with van der Waals surface area (Å²) in [7, 11) is 0. The molecule has 2 rings (SSSR count). The van der Waals surface area contributed by atoms with E-state index in [1.165, 1.54) is 32.1 Å². The number of rotatable bonds is 6. The lowest BCUT2D eigenvalue weighted by atomic mass is 9.84. The molecule has 20 heavy (non-hydrogen) atoms. The van der Waals surface area contributed by atoms with E-state index in [1.54, 1.807) is 12.1 Å². The van der Waals surface area contributed by atoms with Crippen molar-refractivity contribution >= 4 is 0 Å². The van der Waals surface area contributed by atoms with Crippen LogP contribution in [0.5, 0.6) is 5.75 Å². The Kier molecular flexibility index (Phi) is 5.77. The predicted molar refractivity (Wildman–Crippen MR) is 76.0 cm³/mol. The van der Waals surface area contributed by atoms with Gasteiger partial charge in [-0.05, 0) is 24.8 Å². The first-order valence-electron chi connectivity index (χ1n) is 7.45. The first kappa shape index (κ1) is 15.2. The maximum atomic E-state index is 12.3. The molecule has 4 heteroatoms. The lowest BCUT2D eigenvalue weighted by Crippen LogP contribution is -2.33. The molecule has 0 bridgehead atoms. The van der Waals surface area contributed by atoms with Gasteiger partial charge in [0.1, 0.15) is 5.75 Å². The molecule has 0 saturated heterocycles. The number of halogens is 2. The topological polar surface area (TPSA) is 21.3 Å². The molecule has 112 valence electrons. The second kappa shape index (κ2) is 7.58. The number of hydrogen-bond donors (Lipinski definition) is 1. The Morgan fingerprint density at radius 3 is 2.85 bits per heavy atom. The summed E-state index contributed by atoms with van der Waals surface area (Å²) in [4.78, 5) is 0. The summed E-state index contributed by atoms with van der Waals surface area (Å²) in [5, 5.41) is 3.49. The van der Waals surface area contributed by atoms with Crippen LogP contribution in [0.25, 0.3) is 0 Å². The Labute approximate surface area is 119 Å². The number of nitrogens with one attached hydrogen (secondary N) is 1. The van der Waals surface area contributed by atoms with Crippen LogP contribution in [0.3, 0.4) is 0 Å². The fourth-order valence-electron chi connectivity index (χ4n) is 2.96. The van der Waals surface area contributed by atoms with Gasteiger partial charge in [-0.25, -0.2) is 0 Å². The van der Waals surface area contributed by atoms with Crippen LogP contribution in [-0.2, 0) is 6.54 Å². The van der Waals surface area contributed by atoms with Gasteiger partial charge in [0.15, 0.2) is 0 Å². The zero-order valence-corrected chi connectivity index (χ0v) is 11.9. The zero-order valence-electron chi connectivity index (χ0n) is 11.9. The van der Waals surface area contributed by atoms with Crippen molar-refractivity contribution < 1.29 is 13.5 Å². The van der Waals surface area contributed by atoms with E-state index in [-0.39, 0.29) is 5.75 Å². The van der Waals surface area contributed by atoms with Crippen LogP contribution in [0.4, 0.5) is 8.78 Å². The highest BCUT2D eigenvalue weighted by Gasteiger charge is 2.20. The number of ether oxygens (including phenoxy) is 1. The van der Waals surface area contributed by atoms with Gasteiger partial charge in [-0.2, -0.15) is 8.78 Å². The maximum Gasteiger partial charge on any atom is 0.387 e. The van der Waals surface area contributed by atoms with Crippen LogP contribution in [-0.4, -0.2) is 12.7 Å². The van der Waals surface area contributed by atoms with Gasteiger partial charge in [-0.15, -0.1) is 0 Å². The molecule has 2 nitrogen and oxygen atoms in total. The summed E-state index contributed by atoms with van der Waals surface area (Å²) in [6.45, 7) is 0.0540. The smallest absolute Gasteiger partial charge is 0.387 e. The minimum atomic E-state index is -2.77.